The summed E-state index contributed by atoms with van der Waals surface area (Å²) in [5.74, 6) is -0.616. The van der Waals surface area contributed by atoms with Gasteiger partial charge in [0.25, 0.3) is 0 Å². The van der Waals surface area contributed by atoms with Crippen LogP contribution < -0.4 is 0 Å². The van der Waals surface area contributed by atoms with Crippen molar-refractivity contribution in [3.63, 3.8) is 0 Å². The molecule has 1 aliphatic carbocycles. The Morgan fingerprint density at radius 3 is 2.27 bits per heavy atom. The van der Waals surface area contributed by atoms with Gasteiger partial charge in [-0.3, -0.25) is 9.59 Å². The molecule has 158 valence electrons. The summed E-state index contributed by atoms with van der Waals surface area (Å²) >= 11 is 4.73. The van der Waals surface area contributed by atoms with Crippen LogP contribution in [-0.4, -0.2) is 16.6 Å². The van der Waals surface area contributed by atoms with E-state index in [1.165, 1.54) is 11.8 Å². The third-order valence-corrected chi connectivity index (χ3v) is 7.03. The molecule has 4 aromatic rings. The number of hydrogen-bond acceptors (Lipinski definition) is 5. The normalized spacial score (nSPS) is 11.6. The van der Waals surface area contributed by atoms with Crippen LogP contribution in [0.1, 0.15) is 43.1 Å². The molecule has 0 amide bonds. The number of rotatable bonds is 4. The third kappa shape index (κ3) is 3.70. The number of nitrogens with zero attached hydrogens (tertiary/aromatic N) is 2. The van der Waals surface area contributed by atoms with E-state index in [-0.39, 0.29) is 22.8 Å². The van der Waals surface area contributed by atoms with Gasteiger partial charge in [0.2, 0.25) is 5.78 Å². The number of fused-ring (bicyclic) bond motifs is 3. The number of aromatic nitrogens is 1. The lowest BCUT2D eigenvalue weighted by Gasteiger charge is -2.13. The lowest BCUT2D eigenvalue weighted by Crippen LogP contribution is -2.13. The van der Waals surface area contributed by atoms with Crippen molar-refractivity contribution in [3.8, 4) is 17.2 Å². The van der Waals surface area contributed by atoms with Crippen molar-refractivity contribution in [2.24, 2.45) is 0 Å². The molecule has 3 aromatic carbocycles. The maximum Gasteiger partial charge on any atom is 0.212 e. The summed E-state index contributed by atoms with van der Waals surface area (Å²) in [6.07, 6.45) is 0. The Hall–Kier alpha value is -3.53. The van der Waals surface area contributed by atoms with Crippen LogP contribution in [0.25, 0.3) is 11.1 Å². The first-order valence-corrected chi connectivity index (χ1v) is 11.8. The number of carbonyl (C=O) groups is 2. The largest absolute Gasteiger partial charge is 0.288 e. The van der Waals surface area contributed by atoms with Crippen molar-refractivity contribution < 1.29 is 9.59 Å². The molecule has 0 spiro atoms. The summed E-state index contributed by atoms with van der Waals surface area (Å²) in [6.45, 7) is 1.94. The first-order chi connectivity index (χ1) is 16.0. The van der Waals surface area contributed by atoms with Gasteiger partial charge < -0.3 is 0 Å². The highest BCUT2D eigenvalue weighted by Gasteiger charge is 2.36. The average Bonchev–Trinajstić information content (AvgIpc) is 3.13. The Balaban J connectivity index is 1.76. The van der Waals surface area contributed by atoms with Crippen LogP contribution in [0.4, 0.5) is 0 Å². The van der Waals surface area contributed by atoms with Crippen molar-refractivity contribution in [1.82, 2.24) is 4.98 Å². The second kappa shape index (κ2) is 8.43. The fourth-order valence-corrected chi connectivity index (χ4v) is 5.03. The molecule has 1 aromatic heterocycles. The number of benzene rings is 3. The van der Waals surface area contributed by atoms with Gasteiger partial charge >= 0.3 is 0 Å². The third-order valence-electron chi connectivity index (χ3n) is 5.50. The number of hydrogen-bond donors (Lipinski definition) is 0. The number of ketones is 2. The van der Waals surface area contributed by atoms with E-state index in [0.29, 0.717) is 32.8 Å². The first kappa shape index (κ1) is 21.3. The minimum atomic E-state index is -0.338. The quantitative estimate of drug-likeness (QED) is 0.254. The predicted molar refractivity (Wildman–Crippen MR) is 131 cm³/mol. The van der Waals surface area contributed by atoms with Crippen LogP contribution in [0.3, 0.4) is 0 Å². The standard InChI is InChI=1S/C27H15BrN2O2S/c1-15-6-8-16(9-7-15)25(31)24-23-22(19-4-2-3-5-20(19)26(23)32)21(14-29)27(30-24)33-18-12-10-17(28)11-13-18/h2-13H,1H3. The van der Waals surface area contributed by atoms with Crippen LogP contribution in [0.5, 0.6) is 0 Å². The van der Waals surface area contributed by atoms with E-state index in [1.807, 2.05) is 55.5 Å². The lowest BCUT2D eigenvalue weighted by atomic mass is 9.96. The van der Waals surface area contributed by atoms with Crippen molar-refractivity contribution >= 4 is 39.3 Å². The summed E-state index contributed by atoms with van der Waals surface area (Å²) in [4.78, 5) is 32.4. The van der Waals surface area contributed by atoms with Gasteiger partial charge in [0, 0.05) is 26.1 Å². The smallest absolute Gasteiger partial charge is 0.212 e. The lowest BCUT2D eigenvalue weighted by molar-refractivity contribution is 0.100. The van der Waals surface area contributed by atoms with Crippen LogP contribution in [-0.2, 0) is 0 Å². The minimum Gasteiger partial charge on any atom is -0.288 e. The summed E-state index contributed by atoms with van der Waals surface area (Å²) in [5.41, 5.74) is 3.69. The Bertz CT molecular complexity index is 1490. The van der Waals surface area contributed by atoms with Gasteiger partial charge in [-0.05, 0) is 36.8 Å². The summed E-state index contributed by atoms with van der Waals surface area (Å²) in [6, 6.07) is 24.2. The maximum absolute atomic E-state index is 13.5. The predicted octanol–water partition coefficient (Wildman–Crippen LogP) is 6.62. The van der Waals surface area contributed by atoms with E-state index in [4.69, 9.17) is 0 Å². The zero-order valence-electron chi connectivity index (χ0n) is 17.4. The zero-order chi connectivity index (χ0) is 23.1. The van der Waals surface area contributed by atoms with Gasteiger partial charge in [0.1, 0.15) is 16.8 Å². The molecule has 1 heterocycles. The number of aryl methyl sites for hydroxylation is 1. The minimum absolute atomic E-state index is 0.0775. The van der Waals surface area contributed by atoms with E-state index in [9.17, 15) is 14.9 Å². The molecular formula is C27H15BrN2O2S. The van der Waals surface area contributed by atoms with Crippen molar-refractivity contribution in [2.45, 2.75) is 16.8 Å². The Morgan fingerprint density at radius 2 is 1.61 bits per heavy atom. The number of pyridine rings is 1. The number of halogens is 1. The van der Waals surface area contributed by atoms with E-state index >= 15 is 0 Å². The highest BCUT2D eigenvalue weighted by atomic mass is 79.9. The summed E-state index contributed by atoms with van der Waals surface area (Å²) < 4.78 is 0.934. The van der Waals surface area contributed by atoms with Crippen molar-refractivity contribution in [1.29, 1.82) is 5.26 Å². The molecule has 0 saturated heterocycles. The van der Waals surface area contributed by atoms with Gasteiger partial charge in [0.15, 0.2) is 5.78 Å². The molecule has 0 N–H and O–H groups in total. The van der Waals surface area contributed by atoms with Crippen LogP contribution in [0.15, 0.2) is 87.2 Å². The molecule has 33 heavy (non-hydrogen) atoms. The monoisotopic (exact) mass is 510 g/mol. The van der Waals surface area contributed by atoms with Gasteiger partial charge in [0.05, 0.1) is 11.1 Å². The first-order valence-electron chi connectivity index (χ1n) is 10.1. The van der Waals surface area contributed by atoms with Crippen LogP contribution in [0, 0.1) is 18.3 Å². The van der Waals surface area contributed by atoms with E-state index in [2.05, 4.69) is 27.0 Å². The number of carbonyl (C=O) groups excluding carboxylic acids is 2. The Labute approximate surface area is 203 Å². The van der Waals surface area contributed by atoms with E-state index in [1.54, 1.807) is 24.3 Å². The van der Waals surface area contributed by atoms with E-state index < -0.39 is 0 Å². The second-order valence-electron chi connectivity index (χ2n) is 7.63. The molecule has 0 bridgehead atoms. The Kier molecular flexibility index (Phi) is 5.45. The summed E-state index contributed by atoms with van der Waals surface area (Å²) in [5, 5.41) is 10.5. The highest BCUT2D eigenvalue weighted by molar-refractivity contribution is 9.10. The molecular weight excluding hydrogens is 496 g/mol. The topological polar surface area (TPSA) is 70.8 Å². The fraction of sp³-hybridized carbons (Fsp3) is 0.0370. The molecule has 0 aliphatic heterocycles. The molecule has 0 fully saturated rings. The molecule has 1 aliphatic rings. The van der Waals surface area contributed by atoms with Gasteiger partial charge in [-0.2, -0.15) is 5.26 Å². The van der Waals surface area contributed by atoms with Crippen molar-refractivity contribution in [2.75, 3.05) is 0 Å². The second-order valence-corrected chi connectivity index (χ2v) is 9.61. The molecule has 0 saturated carbocycles. The van der Waals surface area contributed by atoms with Crippen LogP contribution in [0.2, 0.25) is 0 Å². The molecule has 4 nitrogen and oxygen atoms in total. The van der Waals surface area contributed by atoms with Crippen molar-refractivity contribution in [3.05, 3.63) is 111 Å². The molecule has 0 unspecified atom stereocenters. The molecule has 0 atom stereocenters. The van der Waals surface area contributed by atoms with Gasteiger partial charge in [-0.1, -0.05) is 81.8 Å². The molecule has 6 heteroatoms. The van der Waals surface area contributed by atoms with Gasteiger partial charge in [-0.25, -0.2) is 4.98 Å². The molecule has 0 radical (unpaired) electrons. The number of nitriles is 1. The zero-order valence-corrected chi connectivity index (χ0v) is 19.8. The average molecular weight is 511 g/mol. The fourth-order valence-electron chi connectivity index (χ4n) is 3.89. The SMILES string of the molecule is Cc1ccc(C(=O)c2nc(Sc3ccc(Br)cc3)c(C#N)c3c2C(=O)c2ccccc2-3)cc1. The maximum atomic E-state index is 13.5. The van der Waals surface area contributed by atoms with Crippen LogP contribution >= 0.6 is 27.7 Å². The Morgan fingerprint density at radius 1 is 0.939 bits per heavy atom. The van der Waals surface area contributed by atoms with E-state index in [0.717, 1.165) is 14.9 Å². The molecule has 5 rings (SSSR count). The van der Waals surface area contributed by atoms with Gasteiger partial charge in [-0.15, -0.1) is 0 Å². The summed E-state index contributed by atoms with van der Waals surface area (Å²) in [7, 11) is 0. The highest BCUT2D eigenvalue weighted by Crippen LogP contribution is 2.44.